The maximum Gasteiger partial charge on any atom is 0.182 e. The molecule has 0 spiro atoms. The molecule has 7 rings (SSSR count). The molecule has 0 aliphatic rings. The molecular formula is C37H28N6. The van der Waals surface area contributed by atoms with E-state index in [0.717, 1.165) is 56.2 Å². The van der Waals surface area contributed by atoms with E-state index in [0.29, 0.717) is 11.6 Å². The Labute approximate surface area is 250 Å². The van der Waals surface area contributed by atoms with Gasteiger partial charge in [-0.3, -0.25) is 0 Å². The lowest BCUT2D eigenvalue weighted by atomic mass is 10.0. The molecule has 206 valence electrons. The summed E-state index contributed by atoms with van der Waals surface area (Å²) in [7, 11) is 0. The first-order chi connectivity index (χ1) is 20.8. The molecule has 2 aromatic heterocycles. The summed E-state index contributed by atoms with van der Waals surface area (Å²) < 4.78 is 0. The summed E-state index contributed by atoms with van der Waals surface area (Å²) in [5.74, 6) is 1.04. The molecule has 43 heavy (non-hydrogen) atoms. The van der Waals surface area contributed by atoms with Crippen LogP contribution in [0.2, 0.25) is 0 Å². The molecule has 5 aromatic carbocycles. The van der Waals surface area contributed by atoms with Crippen molar-refractivity contribution in [2.75, 3.05) is 0 Å². The lowest BCUT2D eigenvalue weighted by Crippen LogP contribution is -2.01. The predicted octanol–water partition coefficient (Wildman–Crippen LogP) is 8.69. The highest BCUT2D eigenvalue weighted by atomic mass is 15.2. The third-order valence-electron chi connectivity index (χ3n) is 6.94. The highest BCUT2D eigenvalue weighted by molar-refractivity contribution is 5.80. The molecule has 0 saturated carbocycles. The number of rotatable bonds is 6. The standard InChI is InChI=1S/C36H24N6.CH4/c1-5-14-25(15-6-1)31-33(27-18-9-3-10-19-27)39-41-35(37-31)29-22-13-23-30(24-29)36-38-32(26-16-7-2-8-17-26)34(40-42-36)28-20-11-4-12-21-28;/h1-24H;1H4. The second-order valence-electron chi connectivity index (χ2n) is 9.71. The molecule has 0 saturated heterocycles. The van der Waals surface area contributed by atoms with Crippen LogP contribution in [0.1, 0.15) is 7.43 Å². The average molecular weight is 557 g/mol. The van der Waals surface area contributed by atoms with E-state index in [9.17, 15) is 0 Å². The maximum absolute atomic E-state index is 5.01. The zero-order chi connectivity index (χ0) is 28.1. The fourth-order valence-electron chi connectivity index (χ4n) is 4.87. The van der Waals surface area contributed by atoms with E-state index in [1.165, 1.54) is 0 Å². The largest absolute Gasteiger partial charge is 0.224 e. The van der Waals surface area contributed by atoms with E-state index in [1.807, 2.05) is 146 Å². The quantitative estimate of drug-likeness (QED) is 0.204. The molecule has 0 atom stereocenters. The van der Waals surface area contributed by atoms with E-state index < -0.39 is 0 Å². The van der Waals surface area contributed by atoms with Crippen molar-refractivity contribution in [2.45, 2.75) is 7.43 Å². The molecule has 0 bridgehead atoms. The highest BCUT2D eigenvalue weighted by Gasteiger charge is 2.17. The van der Waals surface area contributed by atoms with Gasteiger partial charge in [-0.05, 0) is 6.07 Å². The maximum atomic E-state index is 5.01. The lowest BCUT2D eigenvalue weighted by Gasteiger charge is -2.11. The Balaban J connectivity index is 0.00000329. The Kier molecular flexibility index (Phi) is 7.82. The molecule has 0 unspecified atom stereocenters. The fourth-order valence-corrected chi connectivity index (χ4v) is 4.87. The zero-order valence-corrected chi connectivity index (χ0v) is 22.5. The van der Waals surface area contributed by atoms with Gasteiger partial charge in [0, 0.05) is 33.4 Å². The molecule has 6 nitrogen and oxygen atoms in total. The summed E-state index contributed by atoms with van der Waals surface area (Å²) in [5, 5.41) is 18.4. The number of hydrogen-bond acceptors (Lipinski definition) is 6. The van der Waals surface area contributed by atoms with Crippen molar-refractivity contribution < 1.29 is 0 Å². The van der Waals surface area contributed by atoms with Crippen molar-refractivity contribution in [1.29, 1.82) is 0 Å². The van der Waals surface area contributed by atoms with E-state index in [-0.39, 0.29) is 7.43 Å². The van der Waals surface area contributed by atoms with Crippen LogP contribution in [0.25, 0.3) is 67.8 Å². The van der Waals surface area contributed by atoms with Gasteiger partial charge in [-0.25, -0.2) is 9.97 Å². The minimum atomic E-state index is 0. The lowest BCUT2D eigenvalue weighted by molar-refractivity contribution is 0.986. The Bertz CT molecular complexity index is 1820. The van der Waals surface area contributed by atoms with Crippen molar-refractivity contribution in [3.05, 3.63) is 146 Å². The van der Waals surface area contributed by atoms with Gasteiger partial charge in [0.25, 0.3) is 0 Å². The second-order valence-corrected chi connectivity index (χ2v) is 9.71. The Morgan fingerprint density at radius 2 is 0.581 bits per heavy atom. The van der Waals surface area contributed by atoms with Crippen LogP contribution in [0.5, 0.6) is 0 Å². The van der Waals surface area contributed by atoms with Gasteiger partial charge >= 0.3 is 0 Å². The first kappa shape index (κ1) is 27.3. The van der Waals surface area contributed by atoms with E-state index in [2.05, 4.69) is 20.4 Å². The molecule has 6 heteroatoms. The van der Waals surface area contributed by atoms with Crippen LogP contribution in [0.15, 0.2) is 146 Å². The molecular weight excluding hydrogens is 528 g/mol. The monoisotopic (exact) mass is 556 g/mol. The van der Waals surface area contributed by atoms with Gasteiger partial charge in [0.1, 0.15) is 22.8 Å². The van der Waals surface area contributed by atoms with Crippen molar-refractivity contribution in [3.8, 4) is 67.8 Å². The normalized spacial score (nSPS) is 10.6. The van der Waals surface area contributed by atoms with Gasteiger partial charge < -0.3 is 0 Å². The number of hydrogen-bond donors (Lipinski definition) is 0. The molecule has 7 aromatic rings. The number of nitrogens with zero attached hydrogens (tertiary/aromatic N) is 6. The summed E-state index contributed by atoms with van der Waals surface area (Å²) in [6.45, 7) is 0. The van der Waals surface area contributed by atoms with Gasteiger partial charge in [-0.2, -0.15) is 0 Å². The van der Waals surface area contributed by atoms with Crippen molar-refractivity contribution in [3.63, 3.8) is 0 Å². The van der Waals surface area contributed by atoms with Crippen LogP contribution in [0.4, 0.5) is 0 Å². The molecule has 0 radical (unpaired) electrons. The Hall–Kier alpha value is -5.88. The topological polar surface area (TPSA) is 77.3 Å². The summed E-state index contributed by atoms with van der Waals surface area (Å²) in [5.41, 5.74) is 8.51. The van der Waals surface area contributed by atoms with Crippen LogP contribution >= 0.6 is 0 Å². The van der Waals surface area contributed by atoms with Gasteiger partial charge in [-0.1, -0.05) is 147 Å². The van der Waals surface area contributed by atoms with Crippen molar-refractivity contribution in [1.82, 2.24) is 30.4 Å². The number of aromatic nitrogens is 6. The Morgan fingerprint density at radius 1 is 0.279 bits per heavy atom. The van der Waals surface area contributed by atoms with E-state index in [4.69, 9.17) is 9.97 Å². The molecule has 2 heterocycles. The molecule has 0 fully saturated rings. The smallest absolute Gasteiger partial charge is 0.182 e. The minimum absolute atomic E-state index is 0. The van der Waals surface area contributed by atoms with Crippen molar-refractivity contribution >= 4 is 0 Å². The van der Waals surface area contributed by atoms with Crippen LogP contribution in [0, 0.1) is 0 Å². The second kappa shape index (κ2) is 12.3. The Morgan fingerprint density at radius 3 is 0.930 bits per heavy atom. The average Bonchev–Trinajstić information content (AvgIpc) is 3.09. The van der Waals surface area contributed by atoms with Crippen LogP contribution in [0.3, 0.4) is 0 Å². The highest BCUT2D eigenvalue weighted by Crippen LogP contribution is 2.32. The third-order valence-corrected chi connectivity index (χ3v) is 6.94. The van der Waals surface area contributed by atoms with Gasteiger partial charge in [0.05, 0.1) is 0 Å². The summed E-state index contributed by atoms with van der Waals surface area (Å²) in [4.78, 5) is 10.0. The summed E-state index contributed by atoms with van der Waals surface area (Å²) in [6.07, 6.45) is 0. The molecule has 0 N–H and O–H groups in total. The fraction of sp³-hybridized carbons (Fsp3) is 0.0270. The van der Waals surface area contributed by atoms with E-state index in [1.54, 1.807) is 0 Å². The number of benzene rings is 5. The van der Waals surface area contributed by atoms with Crippen LogP contribution in [-0.2, 0) is 0 Å². The van der Waals surface area contributed by atoms with Crippen molar-refractivity contribution in [2.24, 2.45) is 0 Å². The van der Waals surface area contributed by atoms with Crippen LogP contribution < -0.4 is 0 Å². The predicted molar refractivity (Wildman–Crippen MR) is 173 cm³/mol. The first-order valence-electron chi connectivity index (χ1n) is 13.7. The summed E-state index contributed by atoms with van der Waals surface area (Å²) >= 11 is 0. The SMILES string of the molecule is C.c1ccc(-c2nnc(-c3cccc(-c4nnc(-c5ccccc5)c(-c5ccccc5)n4)c3)nc2-c2ccccc2)cc1. The summed E-state index contributed by atoms with van der Waals surface area (Å²) in [6, 6.07) is 48.0. The molecule has 0 amide bonds. The minimum Gasteiger partial charge on any atom is -0.224 e. The molecule has 0 aliphatic heterocycles. The van der Waals surface area contributed by atoms with Crippen LogP contribution in [-0.4, -0.2) is 30.4 Å². The van der Waals surface area contributed by atoms with Gasteiger partial charge in [-0.15, -0.1) is 20.4 Å². The third kappa shape index (κ3) is 5.67. The molecule has 0 aliphatic carbocycles. The van der Waals surface area contributed by atoms with E-state index >= 15 is 0 Å². The van der Waals surface area contributed by atoms with Gasteiger partial charge in [0.15, 0.2) is 11.6 Å². The van der Waals surface area contributed by atoms with Gasteiger partial charge in [0.2, 0.25) is 0 Å². The zero-order valence-electron chi connectivity index (χ0n) is 22.5. The first-order valence-corrected chi connectivity index (χ1v) is 13.7.